The molecule has 2 rings (SSSR count). The quantitative estimate of drug-likeness (QED) is 0.908. The average Bonchev–Trinajstić information content (AvgIpc) is 2.68. The fourth-order valence-corrected chi connectivity index (χ4v) is 2.32. The fraction of sp³-hybridized carbons (Fsp3) is 0.312. The first-order valence-electron chi connectivity index (χ1n) is 6.53. The van der Waals surface area contributed by atoms with Crippen LogP contribution >= 0.6 is 0 Å². The summed E-state index contributed by atoms with van der Waals surface area (Å²) in [5.41, 5.74) is 4.46. The minimum Gasteiger partial charge on any atom is -0.478 e. The fourth-order valence-electron chi connectivity index (χ4n) is 2.32. The second kappa shape index (κ2) is 5.31. The van der Waals surface area contributed by atoms with Crippen molar-refractivity contribution in [1.82, 2.24) is 4.57 Å². The summed E-state index contributed by atoms with van der Waals surface area (Å²) in [5, 5.41) is 9.15. The summed E-state index contributed by atoms with van der Waals surface area (Å²) in [7, 11) is 1.90. The molecule has 0 unspecified atom stereocenters. The number of carboxylic acid groups (broad SMARTS) is 1. The number of carboxylic acids is 1. The molecule has 1 N–H and O–H groups in total. The van der Waals surface area contributed by atoms with Crippen molar-refractivity contribution in [3.8, 4) is 11.3 Å². The molecule has 2 aromatic rings. The smallest absolute Gasteiger partial charge is 0.337 e. The lowest BCUT2D eigenvalue weighted by atomic mass is 10.1. The largest absolute Gasteiger partial charge is 0.478 e. The molecule has 0 fully saturated rings. The van der Waals surface area contributed by atoms with Gasteiger partial charge in [0.15, 0.2) is 0 Å². The Morgan fingerprint density at radius 1 is 1.26 bits per heavy atom. The maximum absolute atomic E-state index is 11.1. The number of aromatic carboxylic acids is 1. The summed E-state index contributed by atoms with van der Waals surface area (Å²) in [4.78, 5) is 11.1. The molecule has 100 valence electrons. The normalized spacial score (nSPS) is 10.7. The summed E-state index contributed by atoms with van der Waals surface area (Å²) < 4.78 is 1.93. The minimum absolute atomic E-state index is 0.370. The Morgan fingerprint density at radius 2 is 1.89 bits per heavy atom. The zero-order chi connectivity index (χ0) is 14.0. The molecular formula is C16H19NO2. The molecule has 19 heavy (non-hydrogen) atoms. The van der Waals surface area contributed by atoms with Gasteiger partial charge in [-0.3, -0.25) is 0 Å². The molecule has 1 heterocycles. The highest BCUT2D eigenvalue weighted by molar-refractivity contribution is 5.91. The van der Waals surface area contributed by atoms with Crippen LogP contribution in [0, 0.1) is 6.92 Å². The van der Waals surface area contributed by atoms with Gasteiger partial charge < -0.3 is 9.67 Å². The molecule has 1 aromatic carbocycles. The van der Waals surface area contributed by atoms with Crippen LogP contribution in [0.3, 0.4) is 0 Å². The molecule has 3 nitrogen and oxygen atoms in total. The third kappa shape index (κ3) is 2.55. The Balaban J connectivity index is 2.41. The van der Waals surface area contributed by atoms with Gasteiger partial charge in [0, 0.05) is 18.4 Å². The Labute approximate surface area is 113 Å². The number of nitrogens with zero attached hydrogens (tertiary/aromatic N) is 1. The van der Waals surface area contributed by atoms with E-state index in [9.17, 15) is 4.79 Å². The lowest BCUT2D eigenvalue weighted by Crippen LogP contribution is -1.99. The van der Waals surface area contributed by atoms with Crippen LogP contribution < -0.4 is 0 Å². The Bertz CT molecular complexity index is 594. The van der Waals surface area contributed by atoms with Crippen molar-refractivity contribution in [2.24, 2.45) is 7.05 Å². The molecule has 0 amide bonds. The first-order valence-corrected chi connectivity index (χ1v) is 6.53. The Kier molecular flexibility index (Phi) is 3.74. The molecule has 0 aliphatic heterocycles. The molecule has 0 aliphatic carbocycles. The molecular weight excluding hydrogens is 238 g/mol. The number of carbonyl (C=O) groups is 1. The topological polar surface area (TPSA) is 42.2 Å². The van der Waals surface area contributed by atoms with Crippen LogP contribution in [0.5, 0.6) is 0 Å². The van der Waals surface area contributed by atoms with Gasteiger partial charge in [-0.25, -0.2) is 4.79 Å². The van der Waals surface area contributed by atoms with Crippen LogP contribution in [0.15, 0.2) is 30.3 Å². The molecule has 0 radical (unpaired) electrons. The highest BCUT2D eigenvalue weighted by atomic mass is 16.4. The van der Waals surface area contributed by atoms with Gasteiger partial charge in [0.2, 0.25) is 0 Å². The molecule has 0 spiro atoms. The van der Waals surface area contributed by atoms with Crippen molar-refractivity contribution in [3.63, 3.8) is 0 Å². The van der Waals surface area contributed by atoms with Gasteiger partial charge in [-0.05, 0) is 30.5 Å². The summed E-state index contributed by atoms with van der Waals surface area (Å²) in [6.45, 7) is 3.99. The zero-order valence-corrected chi connectivity index (χ0v) is 11.6. The van der Waals surface area contributed by atoms with Gasteiger partial charge in [0.1, 0.15) is 0 Å². The van der Waals surface area contributed by atoms with Gasteiger partial charge in [-0.2, -0.15) is 0 Å². The number of aromatic nitrogens is 1. The summed E-state index contributed by atoms with van der Waals surface area (Å²) in [6, 6.07) is 10.1. The van der Waals surface area contributed by atoms with Gasteiger partial charge in [-0.1, -0.05) is 37.6 Å². The maximum Gasteiger partial charge on any atom is 0.337 e. The Hall–Kier alpha value is -2.03. The van der Waals surface area contributed by atoms with Gasteiger partial charge in [0.05, 0.1) is 5.56 Å². The van der Waals surface area contributed by atoms with E-state index in [1.807, 2.05) is 18.5 Å². The average molecular weight is 257 g/mol. The van der Waals surface area contributed by atoms with E-state index in [1.54, 1.807) is 6.07 Å². The minimum atomic E-state index is -0.873. The van der Waals surface area contributed by atoms with Crippen LogP contribution in [0.4, 0.5) is 0 Å². The van der Waals surface area contributed by atoms with Crippen LogP contribution in [0.25, 0.3) is 11.3 Å². The van der Waals surface area contributed by atoms with E-state index in [-0.39, 0.29) is 0 Å². The molecule has 3 heteroatoms. The van der Waals surface area contributed by atoms with Crippen molar-refractivity contribution in [2.75, 3.05) is 0 Å². The van der Waals surface area contributed by atoms with E-state index in [4.69, 9.17) is 5.11 Å². The standard InChI is InChI=1S/C16H19NO2/c1-4-5-12-6-8-13(9-7-12)15-10-14(16(18)19)11(2)17(15)3/h6-10H,4-5H2,1-3H3,(H,18,19). The van der Waals surface area contributed by atoms with E-state index in [0.717, 1.165) is 29.8 Å². The number of aryl methyl sites for hydroxylation is 1. The van der Waals surface area contributed by atoms with Gasteiger partial charge in [0.25, 0.3) is 0 Å². The maximum atomic E-state index is 11.1. The summed E-state index contributed by atoms with van der Waals surface area (Å²) in [5.74, 6) is -0.873. The van der Waals surface area contributed by atoms with Crippen LogP contribution in [-0.2, 0) is 13.5 Å². The SMILES string of the molecule is CCCc1ccc(-c2cc(C(=O)O)c(C)n2C)cc1. The van der Waals surface area contributed by atoms with Crippen LogP contribution in [-0.4, -0.2) is 15.6 Å². The summed E-state index contributed by atoms with van der Waals surface area (Å²) >= 11 is 0. The first kappa shape index (κ1) is 13.4. The van der Waals surface area contributed by atoms with E-state index in [0.29, 0.717) is 5.56 Å². The summed E-state index contributed by atoms with van der Waals surface area (Å²) in [6.07, 6.45) is 2.21. The second-order valence-corrected chi connectivity index (χ2v) is 4.84. The van der Waals surface area contributed by atoms with Crippen molar-refractivity contribution >= 4 is 5.97 Å². The first-order chi connectivity index (χ1) is 9.04. The third-order valence-electron chi connectivity index (χ3n) is 3.55. The van der Waals surface area contributed by atoms with Gasteiger partial charge >= 0.3 is 5.97 Å². The highest BCUT2D eigenvalue weighted by Crippen LogP contribution is 2.25. The van der Waals surface area contributed by atoms with E-state index in [2.05, 4.69) is 31.2 Å². The predicted octanol–water partition coefficient (Wildman–Crippen LogP) is 3.65. The number of hydrogen-bond acceptors (Lipinski definition) is 1. The molecule has 1 aromatic heterocycles. The van der Waals surface area contributed by atoms with Crippen molar-refractivity contribution in [3.05, 3.63) is 47.2 Å². The molecule has 0 aliphatic rings. The number of benzene rings is 1. The lowest BCUT2D eigenvalue weighted by Gasteiger charge is -2.06. The third-order valence-corrected chi connectivity index (χ3v) is 3.55. The van der Waals surface area contributed by atoms with Crippen LogP contribution in [0.1, 0.15) is 35.0 Å². The van der Waals surface area contributed by atoms with Crippen molar-refractivity contribution in [1.29, 1.82) is 0 Å². The van der Waals surface area contributed by atoms with Crippen molar-refractivity contribution in [2.45, 2.75) is 26.7 Å². The molecule has 0 bridgehead atoms. The number of hydrogen-bond donors (Lipinski definition) is 1. The molecule has 0 atom stereocenters. The second-order valence-electron chi connectivity index (χ2n) is 4.84. The van der Waals surface area contributed by atoms with Crippen molar-refractivity contribution < 1.29 is 9.90 Å². The molecule has 0 saturated heterocycles. The van der Waals surface area contributed by atoms with Crippen LogP contribution in [0.2, 0.25) is 0 Å². The van der Waals surface area contributed by atoms with E-state index in [1.165, 1.54) is 5.56 Å². The monoisotopic (exact) mass is 257 g/mol. The molecule has 0 saturated carbocycles. The number of rotatable bonds is 4. The van der Waals surface area contributed by atoms with Gasteiger partial charge in [-0.15, -0.1) is 0 Å². The Morgan fingerprint density at radius 3 is 2.37 bits per heavy atom. The van der Waals surface area contributed by atoms with E-state index >= 15 is 0 Å². The predicted molar refractivity (Wildman–Crippen MR) is 76.5 cm³/mol. The highest BCUT2D eigenvalue weighted by Gasteiger charge is 2.15. The lowest BCUT2D eigenvalue weighted by molar-refractivity contribution is 0.0696. The zero-order valence-electron chi connectivity index (χ0n) is 11.6. The van der Waals surface area contributed by atoms with E-state index < -0.39 is 5.97 Å².